The van der Waals surface area contributed by atoms with E-state index in [9.17, 15) is 14.9 Å². The second-order valence-corrected chi connectivity index (χ2v) is 6.84. The van der Waals surface area contributed by atoms with Crippen molar-refractivity contribution in [2.75, 3.05) is 5.32 Å². The van der Waals surface area contributed by atoms with Gasteiger partial charge in [0.2, 0.25) is 0 Å². The van der Waals surface area contributed by atoms with Crippen LogP contribution in [0.25, 0.3) is 5.69 Å². The Hall–Kier alpha value is -3.60. The summed E-state index contributed by atoms with van der Waals surface area (Å²) in [6.45, 7) is 5.85. The van der Waals surface area contributed by atoms with Crippen LogP contribution in [-0.4, -0.2) is 18.9 Å². The fourth-order valence-corrected chi connectivity index (χ4v) is 3.20. The largest absolute Gasteiger partial charge is 0.364 e. The molecule has 0 aliphatic heterocycles. The van der Waals surface area contributed by atoms with Gasteiger partial charge in [0.15, 0.2) is 5.56 Å². The molecule has 0 amide bonds. The Bertz CT molecular complexity index is 1190. The maximum Gasteiger partial charge on any atom is 0.332 e. The number of nitriles is 1. The van der Waals surface area contributed by atoms with Crippen LogP contribution in [0.5, 0.6) is 0 Å². The van der Waals surface area contributed by atoms with E-state index >= 15 is 0 Å². The van der Waals surface area contributed by atoms with Crippen LogP contribution in [0, 0.1) is 25.2 Å². The maximum absolute atomic E-state index is 12.2. The molecule has 0 saturated heterocycles. The van der Waals surface area contributed by atoms with E-state index in [1.807, 2.05) is 61.9 Å². The van der Waals surface area contributed by atoms with Crippen molar-refractivity contribution < 1.29 is 0 Å². The highest BCUT2D eigenvalue weighted by molar-refractivity contribution is 5.52. The fraction of sp³-hybridized carbons (Fsp3) is 0.300. The predicted molar refractivity (Wildman–Crippen MR) is 107 cm³/mol. The molecule has 0 aliphatic rings. The molecule has 1 N–H and O–H groups in total. The van der Waals surface area contributed by atoms with E-state index in [0.717, 1.165) is 27.2 Å². The molecule has 3 aromatic rings. The molecule has 0 fully saturated rings. The molecule has 144 valence electrons. The van der Waals surface area contributed by atoms with E-state index < -0.39 is 11.2 Å². The van der Waals surface area contributed by atoms with Crippen molar-refractivity contribution in [1.82, 2.24) is 18.9 Å². The Morgan fingerprint density at radius 2 is 1.75 bits per heavy atom. The number of benzene rings is 1. The van der Waals surface area contributed by atoms with Crippen LogP contribution >= 0.6 is 0 Å². The van der Waals surface area contributed by atoms with E-state index in [0.29, 0.717) is 0 Å². The van der Waals surface area contributed by atoms with Crippen molar-refractivity contribution in [3.63, 3.8) is 0 Å². The second-order valence-electron chi connectivity index (χ2n) is 6.84. The summed E-state index contributed by atoms with van der Waals surface area (Å²) < 4.78 is 4.08. The van der Waals surface area contributed by atoms with E-state index in [4.69, 9.17) is 0 Å². The molecule has 0 spiro atoms. The predicted octanol–water partition coefficient (Wildman–Crippen LogP) is 1.93. The number of hydrogen-bond donors (Lipinski definition) is 1. The third-order valence-electron chi connectivity index (χ3n) is 4.78. The van der Waals surface area contributed by atoms with Gasteiger partial charge in [-0.15, -0.1) is 0 Å². The first-order valence-corrected chi connectivity index (χ1v) is 8.84. The van der Waals surface area contributed by atoms with Crippen LogP contribution in [0.2, 0.25) is 0 Å². The van der Waals surface area contributed by atoms with Crippen LogP contribution in [0.3, 0.4) is 0 Å². The van der Waals surface area contributed by atoms with Crippen molar-refractivity contribution in [2.24, 2.45) is 14.1 Å². The average molecular weight is 378 g/mol. The Morgan fingerprint density at radius 1 is 1.11 bits per heavy atom. The maximum atomic E-state index is 12.2. The van der Waals surface area contributed by atoms with Gasteiger partial charge < -0.3 is 5.32 Å². The molecule has 2 aromatic heterocycles. The molecule has 1 aromatic carbocycles. The number of nitrogens with zero attached hydrogens (tertiary/aromatic N) is 5. The van der Waals surface area contributed by atoms with Gasteiger partial charge in [0.1, 0.15) is 11.9 Å². The lowest BCUT2D eigenvalue weighted by Crippen LogP contribution is -2.40. The Kier molecular flexibility index (Phi) is 4.92. The summed E-state index contributed by atoms with van der Waals surface area (Å²) in [5, 5.41) is 17.0. The van der Waals surface area contributed by atoms with Gasteiger partial charge in [-0.05, 0) is 44.5 Å². The first-order valence-electron chi connectivity index (χ1n) is 8.84. The summed E-state index contributed by atoms with van der Waals surface area (Å²) in [6.07, 6.45) is 0. The van der Waals surface area contributed by atoms with Gasteiger partial charge in [-0.25, -0.2) is 9.48 Å². The summed E-state index contributed by atoms with van der Waals surface area (Å²) in [5.41, 5.74) is 2.70. The zero-order valence-corrected chi connectivity index (χ0v) is 16.5. The SMILES string of the molecule is Cc1cc(C)n(-c2ccc(C(C)Nc3c(C#N)c(=O)n(C)c(=O)n3C)cc2)n1. The topological polar surface area (TPSA) is 97.6 Å². The minimum atomic E-state index is -0.611. The monoisotopic (exact) mass is 378 g/mol. The number of anilines is 1. The average Bonchev–Trinajstić information content (AvgIpc) is 3.02. The van der Waals surface area contributed by atoms with Gasteiger partial charge in [0, 0.05) is 25.8 Å². The van der Waals surface area contributed by atoms with E-state index in [1.54, 1.807) is 0 Å². The lowest BCUT2D eigenvalue weighted by molar-refractivity contribution is 0.678. The molecular formula is C20H22N6O2. The van der Waals surface area contributed by atoms with Crippen molar-refractivity contribution in [3.05, 3.63) is 73.7 Å². The molecule has 1 unspecified atom stereocenters. The van der Waals surface area contributed by atoms with Gasteiger partial charge >= 0.3 is 5.69 Å². The second kappa shape index (κ2) is 7.19. The standard InChI is InChI=1S/C20H22N6O2/c1-12-10-13(2)26(23-12)16-8-6-15(7-9-16)14(3)22-18-17(11-21)19(27)25(5)20(28)24(18)4/h6-10,14,22H,1-5H3. The highest BCUT2D eigenvalue weighted by atomic mass is 16.2. The van der Waals surface area contributed by atoms with Gasteiger partial charge in [-0.2, -0.15) is 10.4 Å². The molecule has 0 radical (unpaired) electrons. The van der Waals surface area contributed by atoms with Crippen LogP contribution in [0.1, 0.15) is 35.5 Å². The molecule has 0 saturated carbocycles. The Balaban J connectivity index is 1.94. The van der Waals surface area contributed by atoms with Crippen LogP contribution < -0.4 is 16.6 Å². The molecule has 2 heterocycles. The van der Waals surface area contributed by atoms with E-state index in [2.05, 4.69) is 10.4 Å². The number of aromatic nitrogens is 4. The summed E-state index contributed by atoms with van der Waals surface area (Å²) in [6, 6.07) is 11.5. The molecule has 0 aliphatic carbocycles. The third kappa shape index (κ3) is 3.22. The molecule has 1 atom stereocenters. The summed E-state index contributed by atoms with van der Waals surface area (Å²) in [4.78, 5) is 24.4. The summed E-state index contributed by atoms with van der Waals surface area (Å²) >= 11 is 0. The highest BCUT2D eigenvalue weighted by Gasteiger charge is 2.17. The molecule has 8 heteroatoms. The van der Waals surface area contributed by atoms with Gasteiger partial charge in [0.25, 0.3) is 5.56 Å². The van der Waals surface area contributed by atoms with E-state index in [-0.39, 0.29) is 17.4 Å². The lowest BCUT2D eigenvalue weighted by Gasteiger charge is -2.19. The zero-order chi connectivity index (χ0) is 20.6. The Morgan fingerprint density at radius 3 is 2.29 bits per heavy atom. The normalized spacial score (nSPS) is 11.9. The minimum Gasteiger partial charge on any atom is -0.364 e. The van der Waals surface area contributed by atoms with Crippen molar-refractivity contribution in [1.29, 1.82) is 5.26 Å². The molecule has 0 bridgehead atoms. The molecule has 3 rings (SSSR count). The van der Waals surface area contributed by atoms with Crippen LogP contribution in [-0.2, 0) is 14.1 Å². The zero-order valence-electron chi connectivity index (χ0n) is 16.5. The van der Waals surface area contributed by atoms with Crippen LogP contribution in [0.15, 0.2) is 39.9 Å². The third-order valence-corrected chi connectivity index (χ3v) is 4.78. The molecule has 8 nitrogen and oxygen atoms in total. The van der Waals surface area contributed by atoms with Crippen LogP contribution in [0.4, 0.5) is 5.82 Å². The first-order chi connectivity index (χ1) is 13.2. The Labute approximate surface area is 162 Å². The molecular weight excluding hydrogens is 356 g/mol. The number of nitrogens with one attached hydrogen (secondary N) is 1. The summed E-state index contributed by atoms with van der Waals surface area (Å²) in [5.74, 6) is 0.214. The van der Waals surface area contributed by atoms with Gasteiger partial charge in [-0.3, -0.25) is 13.9 Å². The summed E-state index contributed by atoms with van der Waals surface area (Å²) in [7, 11) is 2.89. The van der Waals surface area contributed by atoms with Gasteiger partial charge in [-0.1, -0.05) is 12.1 Å². The number of rotatable bonds is 4. The van der Waals surface area contributed by atoms with Crippen molar-refractivity contribution >= 4 is 5.82 Å². The van der Waals surface area contributed by atoms with Gasteiger partial charge in [0.05, 0.1) is 11.4 Å². The van der Waals surface area contributed by atoms with Crippen molar-refractivity contribution in [2.45, 2.75) is 26.8 Å². The lowest BCUT2D eigenvalue weighted by atomic mass is 10.1. The number of hydrogen-bond acceptors (Lipinski definition) is 5. The highest BCUT2D eigenvalue weighted by Crippen LogP contribution is 2.21. The fourth-order valence-electron chi connectivity index (χ4n) is 3.20. The number of aryl methyl sites for hydroxylation is 2. The van der Waals surface area contributed by atoms with E-state index in [1.165, 1.54) is 18.7 Å². The quantitative estimate of drug-likeness (QED) is 0.748. The smallest absolute Gasteiger partial charge is 0.332 e. The first kappa shape index (κ1) is 19.2. The molecule has 28 heavy (non-hydrogen) atoms. The minimum absolute atomic E-state index is 0.0873. The van der Waals surface area contributed by atoms with Crippen molar-refractivity contribution in [3.8, 4) is 11.8 Å².